The number of thioether (sulfide) groups is 1. The molecule has 5 nitrogen and oxygen atoms in total. The van der Waals surface area contributed by atoms with Crippen molar-refractivity contribution in [3.8, 4) is 22.7 Å². The molecule has 152 valence electrons. The summed E-state index contributed by atoms with van der Waals surface area (Å²) in [5.74, 6) is 0.756. The molecular formula is C23H21N3O2S2. The second-order valence-corrected chi connectivity index (χ2v) is 8.27. The monoisotopic (exact) mass is 435 g/mol. The molecular weight excluding hydrogens is 414 g/mol. The van der Waals surface area contributed by atoms with Crippen molar-refractivity contribution in [2.24, 2.45) is 0 Å². The normalized spacial score (nSPS) is 15.3. The van der Waals surface area contributed by atoms with Crippen LogP contribution in [-0.2, 0) is 4.79 Å². The molecule has 7 heteroatoms. The lowest BCUT2D eigenvalue weighted by atomic mass is 10.1. The quantitative estimate of drug-likeness (QED) is 0.395. The number of amides is 1. The standard InChI is InChI=1S/C23H21N3O2S2/c1-3-25-22(27)20(30-23(25)29)14-17-15-26(18-8-6-5-7-9-18)24-21(17)16-10-12-19(13-11-16)28-4-2/h5-15H,3-4H2,1-2H3/b20-14+. The van der Waals surface area contributed by atoms with E-state index in [1.54, 1.807) is 4.90 Å². The number of likely N-dealkylation sites (N-methyl/N-ethyl adjacent to an activating group) is 1. The number of carbonyl (C=O) groups is 1. The van der Waals surface area contributed by atoms with Crippen LogP contribution in [0.4, 0.5) is 0 Å². The first-order valence-corrected chi connectivity index (χ1v) is 11.0. The first-order valence-electron chi connectivity index (χ1n) is 9.74. The van der Waals surface area contributed by atoms with Gasteiger partial charge in [-0.05, 0) is 56.3 Å². The van der Waals surface area contributed by atoms with Crippen molar-refractivity contribution in [3.63, 3.8) is 0 Å². The molecule has 1 aromatic heterocycles. The van der Waals surface area contributed by atoms with Gasteiger partial charge in [0.05, 0.1) is 22.9 Å². The van der Waals surface area contributed by atoms with Crippen LogP contribution >= 0.6 is 24.0 Å². The second-order valence-electron chi connectivity index (χ2n) is 6.60. The Balaban J connectivity index is 1.78. The lowest BCUT2D eigenvalue weighted by Crippen LogP contribution is -2.27. The van der Waals surface area contributed by atoms with Crippen molar-refractivity contribution in [2.45, 2.75) is 13.8 Å². The van der Waals surface area contributed by atoms with Crippen molar-refractivity contribution in [1.82, 2.24) is 14.7 Å². The van der Waals surface area contributed by atoms with Gasteiger partial charge in [0, 0.05) is 23.9 Å². The lowest BCUT2D eigenvalue weighted by Gasteiger charge is -2.09. The fourth-order valence-corrected chi connectivity index (χ4v) is 4.59. The minimum Gasteiger partial charge on any atom is -0.494 e. The van der Waals surface area contributed by atoms with Crippen LogP contribution in [-0.4, -0.2) is 38.1 Å². The van der Waals surface area contributed by atoms with E-state index in [0.29, 0.717) is 22.4 Å². The van der Waals surface area contributed by atoms with Gasteiger partial charge < -0.3 is 4.74 Å². The Morgan fingerprint density at radius 3 is 2.47 bits per heavy atom. The minimum atomic E-state index is -0.0578. The third-order valence-electron chi connectivity index (χ3n) is 4.68. The van der Waals surface area contributed by atoms with E-state index in [2.05, 4.69) is 0 Å². The summed E-state index contributed by atoms with van der Waals surface area (Å²) >= 11 is 6.68. The Labute approximate surface area is 185 Å². The number of hydrogen-bond acceptors (Lipinski definition) is 5. The highest BCUT2D eigenvalue weighted by atomic mass is 32.2. The molecule has 1 amide bonds. The Hall–Kier alpha value is -2.90. The smallest absolute Gasteiger partial charge is 0.266 e. The van der Waals surface area contributed by atoms with Crippen LogP contribution in [0.5, 0.6) is 5.75 Å². The summed E-state index contributed by atoms with van der Waals surface area (Å²) in [6.07, 6.45) is 3.83. The summed E-state index contributed by atoms with van der Waals surface area (Å²) in [6, 6.07) is 17.7. The number of benzene rings is 2. The van der Waals surface area contributed by atoms with Gasteiger partial charge in [-0.1, -0.05) is 42.2 Å². The Bertz CT molecular complexity index is 1110. The highest BCUT2D eigenvalue weighted by Gasteiger charge is 2.31. The molecule has 0 N–H and O–H groups in total. The molecule has 0 saturated carbocycles. The zero-order chi connectivity index (χ0) is 21.1. The van der Waals surface area contributed by atoms with Gasteiger partial charge in [0.1, 0.15) is 10.1 Å². The van der Waals surface area contributed by atoms with E-state index < -0.39 is 0 Å². The van der Waals surface area contributed by atoms with E-state index in [9.17, 15) is 4.79 Å². The summed E-state index contributed by atoms with van der Waals surface area (Å²) in [5, 5.41) is 4.82. The van der Waals surface area contributed by atoms with Crippen LogP contribution in [0, 0.1) is 0 Å². The third-order valence-corrected chi connectivity index (χ3v) is 6.06. The van der Waals surface area contributed by atoms with Crippen molar-refractivity contribution in [2.75, 3.05) is 13.2 Å². The summed E-state index contributed by atoms with van der Waals surface area (Å²) in [4.78, 5) is 14.9. The first kappa shape index (κ1) is 20.4. The molecule has 0 spiro atoms. The Morgan fingerprint density at radius 2 is 1.83 bits per heavy atom. The zero-order valence-electron chi connectivity index (χ0n) is 16.7. The molecule has 0 unspecified atom stereocenters. The maximum Gasteiger partial charge on any atom is 0.266 e. The van der Waals surface area contributed by atoms with Crippen LogP contribution in [0.2, 0.25) is 0 Å². The molecule has 2 heterocycles. The van der Waals surface area contributed by atoms with Crippen molar-refractivity contribution < 1.29 is 9.53 Å². The lowest BCUT2D eigenvalue weighted by molar-refractivity contribution is -0.121. The molecule has 1 fully saturated rings. The predicted molar refractivity (Wildman–Crippen MR) is 126 cm³/mol. The Kier molecular flexibility index (Phi) is 6.01. The fraction of sp³-hybridized carbons (Fsp3) is 0.174. The SMILES string of the molecule is CCOc1ccc(-c2nn(-c3ccccc3)cc2/C=C2/SC(=S)N(CC)C2=O)cc1. The van der Waals surface area contributed by atoms with Crippen molar-refractivity contribution in [1.29, 1.82) is 0 Å². The van der Waals surface area contributed by atoms with Gasteiger partial charge >= 0.3 is 0 Å². The average Bonchev–Trinajstić information content (AvgIpc) is 3.30. The van der Waals surface area contributed by atoms with E-state index >= 15 is 0 Å². The number of rotatable bonds is 6. The largest absolute Gasteiger partial charge is 0.494 e. The summed E-state index contributed by atoms with van der Waals surface area (Å²) in [5.41, 5.74) is 3.55. The molecule has 3 aromatic rings. The molecule has 2 aromatic carbocycles. The number of carbonyl (C=O) groups excluding carboxylic acids is 1. The topological polar surface area (TPSA) is 47.4 Å². The zero-order valence-corrected chi connectivity index (χ0v) is 18.4. The van der Waals surface area contributed by atoms with Gasteiger partial charge in [0.25, 0.3) is 5.91 Å². The van der Waals surface area contributed by atoms with Gasteiger partial charge in [0.2, 0.25) is 0 Å². The highest BCUT2D eigenvalue weighted by molar-refractivity contribution is 8.26. The number of hydrogen-bond donors (Lipinski definition) is 0. The number of para-hydroxylation sites is 1. The molecule has 0 aliphatic carbocycles. The molecule has 0 atom stereocenters. The molecule has 0 radical (unpaired) electrons. The van der Waals surface area contributed by atoms with E-state index in [1.165, 1.54) is 11.8 Å². The maximum absolute atomic E-state index is 12.7. The van der Waals surface area contributed by atoms with E-state index in [0.717, 1.165) is 28.3 Å². The van der Waals surface area contributed by atoms with E-state index in [4.69, 9.17) is 22.1 Å². The molecule has 1 aliphatic heterocycles. The maximum atomic E-state index is 12.7. The van der Waals surface area contributed by atoms with Gasteiger partial charge in [-0.2, -0.15) is 5.10 Å². The van der Waals surface area contributed by atoms with Crippen LogP contribution in [0.3, 0.4) is 0 Å². The number of ether oxygens (including phenoxy) is 1. The van der Waals surface area contributed by atoms with Crippen molar-refractivity contribution >= 4 is 40.3 Å². The molecule has 30 heavy (non-hydrogen) atoms. The summed E-state index contributed by atoms with van der Waals surface area (Å²) in [6.45, 7) is 5.07. The van der Waals surface area contributed by atoms with Gasteiger partial charge in [-0.15, -0.1) is 0 Å². The number of thiocarbonyl (C=S) groups is 1. The summed E-state index contributed by atoms with van der Waals surface area (Å²) in [7, 11) is 0. The molecule has 0 bridgehead atoms. The second kappa shape index (κ2) is 8.85. The van der Waals surface area contributed by atoms with Crippen LogP contribution in [0.25, 0.3) is 23.0 Å². The van der Waals surface area contributed by atoms with Gasteiger partial charge in [0.15, 0.2) is 0 Å². The first-order chi connectivity index (χ1) is 14.6. The van der Waals surface area contributed by atoms with Crippen LogP contribution < -0.4 is 4.74 Å². The predicted octanol–water partition coefficient (Wildman–Crippen LogP) is 5.16. The fourth-order valence-electron chi connectivity index (χ4n) is 3.22. The number of aromatic nitrogens is 2. The van der Waals surface area contributed by atoms with E-state index in [-0.39, 0.29) is 5.91 Å². The van der Waals surface area contributed by atoms with Gasteiger partial charge in [-0.25, -0.2) is 4.68 Å². The van der Waals surface area contributed by atoms with Crippen LogP contribution in [0.1, 0.15) is 19.4 Å². The average molecular weight is 436 g/mol. The highest BCUT2D eigenvalue weighted by Crippen LogP contribution is 2.35. The minimum absolute atomic E-state index is 0.0578. The third kappa shape index (κ3) is 4.04. The number of nitrogens with zero attached hydrogens (tertiary/aromatic N) is 3. The van der Waals surface area contributed by atoms with Crippen LogP contribution in [0.15, 0.2) is 65.7 Å². The molecule has 1 saturated heterocycles. The Morgan fingerprint density at radius 1 is 1.10 bits per heavy atom. The molecule has 4 rings (SSSR count). The molecule has 1 aliphatic rings. The summed E-state index contributed by atoms with van der Waals surface area (Å²) < 4.78 is 7.97. The van der Waals surface area contributed by atoms with Crippen molar-refractivity contribution in [3.05, 3.63) is 71.3 Å². The van der Waals surface area contributed by atoms with Gasteiger partial charge in [-0.3, -0.25) is 9.69 Å². The van der Waals surface area contributed by atoms with E-state index in [1.807, 2.05) is 85.4 Å².